The summed E-state index contributed by atoms with van der Waals surface area (Å²) in [6.07, 6.45) is 1.46. The zero-order valence-electron chi connectivity index (χ0n) is 15.5. The maximum Gasteiger partial charge on any atom is 0.345 e. The molecule has 3 aromatic carbocycles. The van der Waals surface area contributed by atoms with Gasteiger partial charge in [-0.15, -0.1) is 0 Å². The van der Waals surface area contributed by atoms with Crippen LogP contribution in [0.4, 0.5) is 0 Å². The predicted octanol–water partition coefficient (Wildman–Crippen LogP) is 4.33. The van der Waals surface area contributed by atoms with Crippen LogP contribution < -0.4 is 14.9 Å². The lowest BCUT2D eigenvalue weighted by atomic mass is 10.2. The number of carbonyl (C=O) groups is 2. The molecule has 0 heterocycles. The molecular weight excluding hydrogens is 392 g/mol. The van der Waals surface area contributed by atoms with Crippen molar-refractivity contribution in [2.24, 2.45) is 5.10 Å². The van der Waals surface area contributed by atoms with E-state index in [0.717, 1.165) is 0 Å². The van der Waals surface area contributed by atoms with E-state index in [1.54, 1.807) is 66.7 Å². The molecule has 3 aromatic rings. The van der Waals surface area contributed by atoms with Crippen LogP contribution in [0.1, 0.15) is 26.3 Å². The fourth-order valence-electron chi connectivity index (χ4n) is 2.45. The number of hydrogen-bond donors (Lipinski definition) is 1. The molecule has 0 aliphatic carbocycles. The highest BCUT2D eigenvalue weighted by molar-refractivity contribution is 6.33. The van der Waals surface area contributed by atoms with Crippen molar-refractivity contribution in [3.63, 3.8) is 0 Å². The number of halogens is 1. The average molecular weight is 409 g/mol. The van der Waals surface area contributed by atoms with Gasteiger partial charge in [-0.05, 0) is 48.0 Å². The zero-order valence-corrected chi connectivity index (χ0v) is 16.2. The van der Waals surface area contributed by atoms with Crippen molar-refractivity contribution in [2.75, 3.05) is 7.11 Å². The summed E-state index contributed by atoms with van der Waals surface area (Å²) < 4.78 is 10.7. The smallest absolute Gasteiger partial charge is 0.345 e. The SMILES string of the molecule is COc1cc(/C=N\NC(=O)c2ccccc2)ccc1OC(=O)c1ccccc1Cl. The van der Waals surface area contributed by atoms with E-state index < -0.39 is 5.97 Å². The fourth-order valence-corrected chi connectivity index (χ4v) is 2.66. The lowest BCUT2D eigenvalue weighted by Gasteiger charge is -2.10. The van der Waals surface area contributed by atoms with Gasteiger partial charge >= 0.3 is 5.97 Å². The van der Waals surface area contributed by atoms with E-state index in [4.69, 9.17) is 21.1 Å². The Morgan fingerprint density at radius 3 is 2.41 bits per heavy atom. The molecule has 1 amide bonds. The molecule has 0 fully saturated rings. The molecular formula is C22H17ClN2O4. The molecule has 0 atom stereocenters. The molecule has 3 rings (SSSR count). The maximum atomic E-state index is 12.3. The Bertz CT molecular complexity index is 1050. The first-order valence-electron chi connectivity index (χ1n) is 8.61. The second-order valence-corrected chi connectivity index (χ2v) is 6.25. The molecule has 146 valence electrons. The quantitative estimate of drug-likeness (QED) is 0.285. The Hall–Kier alpha value is -3.64. The first kappa shape index (κ1) is 20.1. The second kappa shape index (κ2) is 9.52. The molecule has 29 heavy (non-hydrogen) atoms. The minimum atomic E-state index is -0.592. The molecule has 0 saturated carbocycles. The van der Waals surface area contributed by atoms with Gasteiger partial charge in [-0.3, -0.25) is 4.79 Å². The highest BCUT2D eigenvalue weighted by atomic mass is 35.5. The van der Waals surface area contributed by atoms with Gasteiger partial charge in [0.15, 0.2) is 11.5 Å². The van der Waals surface area contributed by atoms with Crippen LogP contribution in [0.3, 0.4) is 0 Å². The third kappa shape index (κ3) is 5.21. The molecule has 0 spiro atoms. The number of nitrogens with one attached hydrogen (secondary N) is 1. The Kier molecular flexibility index (Phi) is 6.60. The van der Waals surface area contributed by atoms with Gasteiger partial charge in [0.05, 0.1) is 23.9 Å². The van der Waals surface area contributed by atoms with Crippen molar-refractivity contribution in [1.29, 1.82) is 0 Å². The number of esters is 1. The number of carbonyl (C=O) groups excluding carboxylic acids is 2. The molecule has 1 N–H and O–H groups in total. The monoisotopic (exact) mass is 408 g/mol. The minimum Gasteiger partial charge on any atom is -0.493 e. The summed E-state index contributed by atoms with van der Waals surface area (Å²) in [5.41, 5.74) is 3.85. The number of methoxy groups -OCH3 is 1. The molecule has 0 bridgehead atoms. The van der Waals surface area contributed by atoms with Crippen molar-refractivity contribution in [3.8, 4) is 11.5 Å². The lowest BCUT2D eigenvalue weighted by Crippen LogP contribution is -2.17. The van der Waals surface area contributed by atoms with Gasteiger partial charge in [-0.25, -0.2) is 10.2 Å². The summed E-state index contributed by atoms with van der Waals surface area (Å²) >= 11 is 6.03. The standard InChI is InChI=1S/C22H17ClN2O4/c1-28-20-13-15(14-24-25-21(26)16-7-3-2-4-8-16)11-12-19(20)29-22(27)17-9-5-6-10-18(17)23/h2-14H,1H3,(H,25,26)/b24-14-. The molecule has 0 aliphatic heterocycles. The van der Waals surface area contributed by atoms with E-state index in [0.29, 0.717) is 21.9 Å². The van der Waals surface area contributed by atoms with E-state index in [1.165, 1.54) is 13.3 Å². The number of amides is 1. The molecule has 7 heteroatoms. The summed E-state index contributed by atoms with van der Waals surface area (Å²) in [6.45, 7) is 0. The summed E-state index contributed by atoms with van der Waals surface area (Å²) in [5, 5.41) is 4.24. The Labute approximate surface area is 172 Å². The topological polar surface area (TPSA) is 77.0 Å². The molecule has 0 saturated heterocycles. The van der Waals surface area contributed by atoms with E-state index in [2.05, 4.69) is 10.5 Å². The molecule has 0 aliphatic rings. The number of hydrogen-bond acceptors (Lipinski definition) is 5. The van der Waals surface area contributed by atoms with Crippen LogP contribution in [0.5, 0.6) is 11.5 Å². The molecule has 0 radical (unpaired) electrons. The second-order valence-electron chi connectivity index (χ2n) is 5.84. The first-order chi connectivity index (χ1) is 14.1. The van der Waals surface area contributed by atoms with E-state index in [-0.39, 0.29) is 17.2 Å². The van der Waals surface area contributed by atoms with Crippen LogP contribution in [0.15, 0.2) is 77.9 Å². The van der Waals surface area contributed by atoms with Gasteiger partial charge in [0, 0.05) is 5.56 Å². The fraction of sp³-hybridized carbons (Fsp3) is 0.0455. The number of ether oxygens (including phenoxy) is 2. The van der Waals surface area contributed by atoms with Gasteiger partial charge in [-0.2, -0.15) is 5.10 Å². The number of benzene rings is 3. The van der Waals surface area contributed by atoms with Crippen LogP contribution in [0.2, 0.25) is 5.02 Å². The van der Waals surface area contributed by atoms with Crippen LogP contribution >= 0.6 is 11.6 Å². The Morgan fingerprint density at radius 1 is 0.966 bits per heavy atom. The van der Waals surface area contributed by atoms with Crippen molar-refractivity contribution in [3.05, 3.63) is 94.5 Å². The molecule has 0 aromatic heterocycles. The Balaban J connectivity index is 1.69. The van der Waals surface area contributed by atoms with Crippen LogP contribution in [0, 0.1) is 0 Å². The summed E-state index contributed by atoms with van der Waals surface area (Å²) in [7, 11) is 1.46. The summed E-state index contributed by atoms with van der Waals surface area (Å²) in [6, 6.07) is 20.2. The van der Waals surface area contributed by atoms with Gasteiger partial charge in [0.1, 0.15) is 0 Å². The van der Waals surface area contributed by atoms with Crippen molar-refractivity contribution in [1.82, 2.24) is 5.43 Å². The number of hydrazone groups is 1. The minimum absolute atomic E-state index is 0.239. The third-order valence-electron chi connectivity index (χ3n) is 3.90. The maximum absolute atomic E-state index is 12.3. The predicted molar refractivity (Wildman–Crippen MR) is 111 cm³/mol. The van der Waals surface area contributed by atoms with Crippen molar-refractivity contribution >= 4 is 29.7 Å². The van der Waals surface area contributed by atoms with Gasteiger partial charge in [0.2, 0.25) is 0 Å². The number of nitrogens with zero attached hydrogens (tertiary/aromatic N) is 1. The van der Waals surface area contributed by atoms with Crippen molar-refractivity contribution in [2.45, 2.75) is 0 Å². The van der Waals surface area contributed by atoms with E-state index in [1.807, 2.05) is 6.07 Å². The highest BCUT2D eigenvalue weighted by Crippen LogP contribution is 2.29. The summed E-state index contributed by atoms with van der Waals surface area (Å²) in [5.74, 6) is -0.337. The van der Waals surface area contributed by atoms with Crippen LogP contribution in [0.25, 0.3) is 0 Å². The largest absolute Gasteiger partial charge is 0.493 e. The average Bonchev–Trinajstić information content (AvgIpc) is 2.75. The Morgan fingerprint density at radius 2 is 1.69 bits per heavy atom. The van der Waals surface area contributed by atoms with Crippen LogP contribution in [-0.2, 0) is 0 Å². The highest BCUT2D eigenvalue weighted by Gasteiger charge is 2.15. The molecule has 0 unspecified atom stereocenters. The van der Waals surface area contributed by atoms with E-state index >= 15 is 0 Å². The lowest BCUT2D eigenvalue weighted by molar-refractivity contribution is 0.0729. The van der Waals surface area contributed by atoms with E-state index in [9.17, 15) is 9.59 Å². The first-order valence-corrected chi connectivity index (χ1v) is 8.99. The van der Waals surface area contributed by atoms with Gasteiger partial charge in [-0.1, -0.05) is 41.9 Å². The number of rotatable bonds is 6. The van der Waals surface area contributed by atoms with Gasteiger partial charge < -0.3 is 9.47 Å². The molecule has 6 nitrogen and oxygen atoms in total. The van der Waals surface area contributed by atoms with Crippen molar-refractivity contribution < 1.29 is 19.1 Å². The van der Waals surface area contributed by atoms with Gasteiger partial charge in [0.25, 0.3) is 5.91 Å². The zero-order chi connectivity index (χ0) is 20.6. The third-order valence-corrected chi connectivity index (χ3v) is 4.23. The normalized spacial score (nSPS) is 10.6. The van der Waals surface area contributed by atoms with Crippen LogP contribution in [-0.4, -0.2) is 25.2 Å². The summed E-state index contributed by atoms with van der Waals surface area (Å²) in [4.78, 5) is 24.3.